The molecule has 1 aliphatic heterocycles. The Morgan fingerprint density at radius 3 is 2.08 bits per heavy atom. The number of amides is 1. The van der Waals surface area contributed by atoms with Crippen molar-refractivity contribution in [2.45, 2.75) is 19.4 Å². The molecule has 1 saturated heterocycles. The molecular formula is C6H8ClNO3S. The molecule has 0 saturated carbocycles. The lowest BCUT2D eigenvalue weighted by molar-refractivity contribution is -0.133. The molecule has 68 valence electrons. The summed E-state index contributed by atoms with van der Waals surface area (Å²) in [4.78, 5) is 11.0. The first kappa shape index (κ1) is 9.54. The summed E-state index contributed by atoms with van der Waals surface area (Å²) >= 11 is 0. The maximum absolute atomic E-state index is 11.0. The zero-order valence-electron chi connectivity index (χ0n) is 6.67. The molecule has 4 nitrogen and oxygen atoms in total. The van der Waals surface area contributed by atoms with Crippen LogP contribution in [0.15, 0.2) is 12.2 Å². The highest BCUT2D eigenvalue weighted by Crippen LogP contribution is 2.38. The van der Waals surface area contributed by atoms with Gasteiger partial charge in [0.15, 0.2) is 0 Å². The fourth-order valence-electron chi connectivity index (χ4n) is 1.08. The van der Waals surface area contributed by atoms with Crippen LogP contribution in [0.25, 0.3) is 0 Å². The molecule has 0 aromatic rings. The summed E-state index contributed by atoms with van der Waals surface area (Å²) in [6.07, 6.45) is 0. The smallest absolute Gasteiger partial charge is 0.268 e. The van der Waals surface area contributed by atoms with Gasteiger partial charge in [0.1, 0.15) is 0 Å². The van der Waals surface area contributed by atoms with Crippen molar-refractivity contribution < 1.29 is 13.2 Å². The average molecular weight is 210 g/mol. The SMILES string of the molecule is C=C1C(=O)N(S(=O)(=O)Cl)C1(C)C. The molecule has 0 bridgehead atoms. The van der Waals surface area contributed by atoms with E-state index in [-0.39, 0.29) is 5.57 Å². The molecule has 0 radical (unpaired) electrons. The molecule has 1 rings (SSSR count). The normalized spacial score (nSPS) is 22.4. The van der Waals surface area contributed by atoms with Gasteiger partial charge >= 0.3 is 9.24 Å². The number of β-lactam (4-membered cyclic amide) rings is 1. The van der Waals surface area contributed by atoms with E-state index in [1.807, 2.05) is 0 Å². The predicted molar refractivity (Wildman–Crippen MR) is 44.8 cm³/mol. The van der Waals surface area contributed by atoms with Crippen molar-refractivity contribution in [3.05, 3.63) is 12.2 Å². The molecule has 1 amide bonds. The van der Waals surface area contributed by atoms with Gasteiger partial charge in [0, 0.05) is 16.3 Å². The lowest BCUT2D eigenvalue weighted by Crippen LogP contribution is -2.62. The second kappa shape index (κ2) is 2.23. The van der Waals surface area contributed by atoms with Crippen molar-refractivity contribution in [2.24, 2.45) is 0 Å². The summed E-state index contributed by atoms with van der Waals surface area (Å²) in [5.41, 5.74) is -0.621. The van der Waals surface area contributed by atoms with Gasteiger partial charge in [0.2, 0.25) is 0 Å². The van der Waals surface area contributed by atoms with Crippen LogP contribution in [0.3, 0.4) is 0 Å². The van der Waals surface area contributed by atoms with Crippen LogP contribution in [0, 0.1) is 0 Å². The van der Waals surface area contributed by atoms with Crippen molar-refractivity contribution in [3.63, 3.8) is 0 Å². The highest BCUT2D eigenvalue weighted by atomic mass is 35.7. The third kappa shape index (κ3) is 1.04. The molecule has 1 fully saturated rings. The minimum atomic E-state index is -3.96. The molecule has 6 heteroatoms. The molecule has 0 spiro atoms. The van der Waals surface area contributed by atoms with Gasteiger partial charge in [-0.3, -0.25) is 4.79 Å². The van der Waals surface area contributed by atoms with E-state index in [1.165, 1.54) is 0 Å². The van der Waals surface area contributed by atoms with E-state index in [9.17, 15) is 13.2 Å². The van der Waals surface area contributed by atoms with E-state index in [1.54, 1.807) is 13.8 Å². The first-order valence-corrected chi connectivity index (χ1v) is 5.44. The maximum atomic E-state index is 11.0. The van der Waals surface area contributed by atoms with Gasteiger partial charge in [-0.1, -0.05) is 6.58 Å². The van der Waals surface area contributed by atoms with E-state index in [0.29, 0.717) is 4.31 Å². The first-order valence-electron chi connectivity index (χ1n) is 3.18. The largest absolute Gasteiger partial charge is 0.324 e. The van der Waals surface area contributed by atoms with Gasteiger partial charge in [0.25, 0.3) is 5.91 Å². The van der Waals surface area contributed by atoms with Crippen LogP contribution in [0.5, 0.6) is 0 Å². The van der Waals surface area contributed by atoms with Crippen LogP contribution in [-0.2, 0) is 14.0 Å². The Kier molecular flexibility index (Phi) is 1.77. The van der Waals surface area contributed by atoms with E-state index in [4.69, 9.17) is 10.7 Å². The van der Waals surface area contributed by atoms with Gasteiger partial charge < -0.3 is 0 Å². The Labute approximate surface area is 75.4 Å². The summed E-state index contributed by atoms with van der Waals surface area (Å²) in [5, 5.41) is 0. The number of hydrogen-bond donors (Lipinski definition) is 0. The summed E-state index contributed by atoms with van der Waals surface area (Å²) < 4.78 is 22.2. The van der Waals surface area contributed by atoms with Crippen LogP contribution < -0.4 is 0 Å². The van der Waals surface area contributed by atoms with E-state index >= 15 is 0 Å². The van der Waals surface area contributed by atoms with Crippen LogP contribution in [-0.4, -0.2) is 24.2 Å². The first-order chi connectivity index (χ1) is 5.19. The number of nitrogens with zero attached hydrogens (tertiary/aromatic N) is 1. The lowest BCUT2D eigenvalue weighted by atomic mass is 9.86. The molecular weight excluding hydrogens is 202 g/mol. The van der Waals surface area contributed by atoms with Crippen LogP contribution in [0.1, 0.15) is 13.8 Å². The summed E-state index contributed by atoms with van der Waals surface area (Å²) in [5.74, 6) is -0.630. The quantitative estimate of drug-likeness (QED) is 0.362. The number of carbonyl (C=O) groups is 1. The Bertz CT molecular complexity index is 357. The summed E-state index contributed by atoms with van der Waals surface area (Å²) in [6, 6.07) is 0. The monoisotopic (exact) mass is 209 g/mol. The third-order valence-corrected chi connectivity index (χ3v) is 3.38. The Morgan fingerprint density at radius 2 is 1.92 bits per heavy atom. The van der Waals surface area contributed by atoms with Crippen molar-refractivity contribution in [1.82, 2.24) is 4.31 Å². The average Bonchev–Trinajstić information content (AvgIpc) is 1.83. The minimum absolute atomic E-state index is 0.256. The van der Waals surface area contributed by atoms with E-state index in [2.05, 4.69) is 6.58 Å². The number of carbonyl (C=O) groups excluding carboxylic acids is 1. The zero-order valence-corrected chi connectivity index (χ0v) is 8.24. The summed E-state index contributed by atoms with van der Waals surface area (Å²) in [6.45, 7) is 6.58. The molecule has 12 heavy (non-hydrogen) atoms. The predicted octanol–water partition coefficient (Wildman–Crippen LogP) is 0.647. The molecule has 0 N–H and O–H groups in total. The molecule has 0 unspecified atom stereocenters. The highest BCUT2D eigenvalue weighted by molar-refractivity contribution is 8.12. The van der Waals surface area contributed by atoms with Gasteiger partial charge in [0.05, 0.1) is 5.54 Å². The molecule has 0 atom stereocenters. The van der Waals surface area contributed by atoms with E-state index in [0.717, 1.165) is 0 Å². The van der Waals surface area contributed by atoms with E-state index < -0.39 is 20.7 Å². The Morgan fingerprint density at radius 1 is 1.50 bits per heavy atom. The molecule has 0 aromatic carbocycles. The second-order valence-corrected chi connectivity index (χ2v) is 5.41. The fourth-order valence-corrected chi connectivity index (χ4v) is 2.75. The molecule has 0 aliphatic carbocycles. The van der Waals surface area contributed by atoms with Gasteiger partial charge in [-0.05, 0) is 13.8 Å². The topological polar surface area (TPSA) is 54.5 Å². The molecule has 0 aromatic heterocycles. The number of halogens is 1. The zero-order chi connectivity index (χ0) is 9.73. The van der Waals surface area contributed by atoms with Crippen LogP contribution in [0.4, 0.5) is 0 Å². The standard InChI is InChI=1S/C6H8ClNO3S/c1-4-5(9)8(6(4,2)3)12(7,10)11/h1H2,2-3H3. The lowest BCUT2D eigenvalue weighted by Gasteiger charge is -2.46. The number of rotatable bonds is 1. The third-order valence-electron chi connectivity index (χ3n) is 1.91. The summed E-state index contributed by atoms with van der Waals surface area (Å²) in [7, 11) is 1.06. The number of hydrogen-bond acceptors (Lipinski definition) is 3. The van der Waals surface area contributed by atoms with Crippen molar-refractivity contribution >= 4 is 25.8 Å². The Balaban J connectivity index is 3.14. The van der Waals surface area contributed by atoms with Gasteiger partial charge in [-0.25, -0.2) is 4.31 Å². The second-order valence-electron chi connectivity index (χ2n) is 3.05. The molecule has 1 aliphatic rings. The van der Waals surface area contributed by atoms with Crippen molar-refractivity contribution in [1.29, 1.82) is 0 Å². The molecule has 1 heterocycles. The van der Waals surface area contributed by atoms with Crippen LogP contribution >= 0.6 is 10.7 Å². The van der Waals surface area contributed by atoms with Crippen LogP contribution in [0.2, 0.25) is 0 Å². The van der Waals surface area contributed by atoms with Crippen molar-refractivity contribution in [2.75, 3.05) is 0 Å². The Hall–Kier alpha value is -0.550. The fraction of sp³-hybridized carbons (Fsp3) is 0.500. The minimum Gasteiger partial charge on any atom is -0.268 e. The highest BCUT2D eigenvalue weighted by Gasteiger charge is 2.53. The maximum Gasteiger partial charge on any atom is 0.324 e. The van der Waals surface area contributed by atoms with Crippen molar-refractivity contribution in [3.8, 4) is 0 Å². The van der Waals surface area contributed by atoms with Gasteiger partial charge in [-0.2, -0.15) is 8.42 Å². The van der Waals surface area contributed by atoms with Gasteiger partial charge in [-0.15, -0.1) is 0 Å².